The van der Waals surface area contributed by atoms with Gasteiger partial charge in [-0.1, -0.05) is 86.6 Å². The molecule has 762 valence electrons. The fraction of sp³-hybridized carbons (Fsp3) is 0.761. The summed E-state index contributed by atoms with van der Waals surface area (Å²) in [5.41, 5.74) is 1.22. The van der Waals surface area contributed by atoms with Crippen molar-refractivity contribution >= 4 is 87.7 Å². The van der Waals surface area contributed by atoms with Crippen LogP contribution in [0.1, 0.15) is 238 Å². The number of ether oxygens (including phenoxy) is 7. The van der Waals surface area contributed by atoms with Gasteiger partial charge >= 0.3 is 64.6 Å². The number of nitrogens with one attached hydrogen (secondary N) is 2. The van der Waals surface area contributed by atoms with Crippen molar-refractivity contribution in [2.75, 3.05) is 66.0 Å². The molecule has 7 rings (SSSR count). The number of Topliss-reactive ketones (excluding diaryl/α,β-unsaturated/α-hetero) is 1. The Morgan fingerprint density at radius 1 is 0.544 bits per heavy atom. The number of carboxylic acid groups (broad SMARTS) is 2. The van der Waals surface area contributed by atoms with E-state index in [-0.39, 0.29) is 93.8 Å². The second kappa shape index (κ2) is 63.3. The summed E-state index contributed by atoms with van der Waals surface area (Å²) in [4.78, 5) is 74.0. The molecule has 7 aliphatic rings. The Hall–Kier alpha value is -8.43. The van der Waals surface area contributed by atoms with Crippen LogP contribution in [0.2, 0.25) is 58.9 Å². The van der Waals surface area contributed by atoms with Crippen LogP contribution in [0.5, 0.6) is 0 Å². The third kappa shape index (κ3) is 60.4. The predicted molar refractivity (Wildman–Crippen MR) is 515 cm³/mol. The van der Waals surface area contributed by atoms with Crippen molar-refractivity contribution in [1.82, 2.24) is 10.6 Å². The van der Waals surface area contributed by atoms with Gasteiger partial charge in [0.05, 0.1) is 46.2 Å². The summed E-state index contributed by atoms with van der Waals surface area (Å²) < 4.78 is 136. The molecule has 2 amide bonds. The molecule has 44 heteroatoms. The molecule has 0 aromatic carbocycles. The number of hydrogen-bond acceptors (Lipinski definition) is 29. The molecule has 7 aliphatic heterocycles. The van der Waals surface area contributed by atoms with Crippen LogP contribution in [0.25, 0.3) is 0 Å². The quantitative estimate of drug-likeness (QED) is 0.00828. The zero-order valence-corrected chi connectivity index (χ0v) is 88.2. The van der Waals surface area contributed by atoms with Crippen molar-refractivity contribution in [2.45, 2.75) is 373 Å². The number of carbonyl (C=O) groups excluding carboxylic acids is 3. The largest absolute Gasteiger partial charge is 1.00 e. The molecule has 1 fully saturated rings. The topological polar surface area (TPSA) is 447 Å². The van der Waals surface area contributed by atoms with Gasteiger partial charge in [0, 0.05) is 110 Å². The fourth-order valence-electron chi connectivity index (χ4n) is 11.5. The Morgan fingerprint density at radius 3 is 1.34 bits per heavy atom. The summed E-state index contributed by atoms with van der Waals surface area (Å²) in [7, 11) is -9.58. The molecule has 0 aromatic rings. The summed E-state index contributed by atoms with van der Waals surface area (Å²) >= 11 is 0. The van der Waals surface area contributed by atoms with Gasteiger partial charge in [-0.15, -0.1) is 71.4 Å². The molecular weight excluding hydrogens is 1840 g/mol. The first-order chi connectivity index (χ1) is 62.6. The predicted octanol–water partition coefficient (Wildman–Crippen LogP) is 14.8. The zero-order valence-electron chi connectivity index (χ0n) is 84.4. The number of ketones is 1. The maximum absolute atomic E-state index is 12.1. The zero-order chi connectivity index (χ0) is 103. The van der Waals surface area contributed by atoms with Gasteiger partial charge in [0.1, 0.15) is 72.4 Å². The van der Waals surface area contributed by atoms with Gasteiger partial charge < -0.3 is 70.1 Å². The smallest absolute Gasteiger partial charge is 0.480 e. The van der Waals surface area contributed by atoms with Crippen molar-refractivity contribution in [3.63, 3.8) is 0 Å². The SMILES string of the molecule is C#CCCC1(CCO)OCCO1.C#CCCC1(CC[C@H](NC(=O)C(F)(F)F)C(=O)O)N=N1.C#CCCC1(CC[C@H](NC(=O)OC(C)(C)C)C(=O)O)N=N1.CCOC1=N[C@H](C(C)C)C(OCC)=N[C@H]1CCC1(CCC#C[Si](C)(C)C)N=N1.CCOC1=N[C@H](CC(C)C)C(OCC)=NC1.C[C-](C)C.C[Si](C)(C)C#CCCC(=O)CCO.C[Si](C)(C)C#CCCC1(CCOS(=O)(=O)C(F)(F)F)N=N1.[Li+]. The Labute approximate surface area is 818 Å². The van der Waals surface area contributed by atoms with Crippen molar-refractivity contribution in [1.29, 1.82) is 0 Å². The second-order valence-electron chi connectivity index (χ2n) is 37.3. The molecule has 0 saturated carbocycles. The average molecular weight is 1990 g/mol. The molecule has 0 aliphatic carbocycles. The monoisotopic (exact) mass is 1990 g/mol. The van der Waals surface area contributed by atoms with Gasteiger partial charge in [0.15, 0.2) is 28.4 Å². The van der Waals surface area contributed by atoms with Gasteiger partial charge in [0.2, 0.25) is 23.6 Å². The number of rotatable bonds is 40. The third-order valence-corrected chi connectivity index (χ3v) is 22.2. The van der Waals surface area contributed by atoms with Gasteiger partial charge in [-0.25, -0.2) is 34.4 Å². The fourth-order valence-corrected chi connectivity index (χ4v) is 13.9. The minimum Gasteiger partial charge on any atom is -0.480 e. The molecular formula is C92H149F6LiN14O19SSi3. The number of carbonyl (C=O) groups is 5. The summed E-state index contributed by atoms with van der Waals surface area (Å²) in [5.74, 6) is 16.6. The van der Waals surface area contributed by atoms with Crippen LogP contribution in [0.3, 0.4) is 0 Å². The number of aliphatic hydroxyl groups excluding tert-OH is 2. The molecule has 0 aromatic heterocycles. The first kappa shape index (κ1) is 130. The van der Waals surface area contributed by atoms with Crippen LogP contribution in [-0.2, 0) is 66.6 Å². The minimum absolute atomic E-state index is 0. The van der Waals surface area contributed by atoms with E-state index in [9.17, 15) is 58.7 Å². The molecule has 0 unspecified atom stereocenters. The maximum Gasteiger partial charge on any atom is 1.00 e. The third-order valence-electron chi connectivity index (χ3n) is 18.4. The van der Waals surface area contributed by atoms with E-state index in [0.29, 0.717) is 135 Å². The van der Waals surface area contributed by atoms with Gasteiger partial charge in [-0.2, -0.15) is 96.4 Å². The van der Waals surface area contributed by atoms with Crippen LogP contribution in [0.4, 0.5) is 31.1 Å². The number of terminal acetylenes is 3. The Bertz CT molecular complexity index is 4380. The number of aliphatic carboxylic acids is 2. The van der Waals surface area contributed by atoms with Gasteiger partial charge in [0.25, 0.3) is 0 Å². The van der Waals surface area contributed by atoms with Crippen LogP contribution in [0.15, 0.2) is 60.9 Å². The normalized spacial score (nSPS) is 17.9. The van der Waals surface area contributed by atoms with E-state index in [4.69, 9.17) is 82.8 Å². The van der Waals surface area contributed by atoms with Gasteiger partial charge in [-0.05, 0) is 105 Å². The Morgan fingerprint density at radius 2 is 0.956 bits per heavy atom. The van der Waals surface area contributed by atoms with Crippen LogP contribution in [0, 0.1) is 89.2 Å². The average Bonchev–Trinajstić information content (AvgIpc) is 1.55. The standard InChI is InChI=1S/C21H36N4O2Si.C14H21N3O4.C12H22N2O2.C11H12F3N3O3.C11H17F3N2O3SSi.C10H18O2Si.C9H14O3.C4H9.Li/c1-8-26-19-17(22-20(27-9-2)18(23-19)16(3)4)12-14-21(24-25-21)13-10-11-15-28(5,6)7;1-5-6-8-14(16-17-14)9-7-10(11(18)19)15-12(20)21-13(2,3)4;1-5-15-11-8-13-12(16-6-2)10(14-11)7-9(3)4;1-2-3-5-10(16-17-10)6-4-7(8(18)19)15-9(20)11(12,13)14;1-21(2,3)9-5-4-6-10(15-16-10)7-8-19-20(17,18)11(12,13)14;1-13(2,3)9-5-4-6-10(12)7-8-11;1-2-3-4-9(5-6-10)11-7-8-12-9;1-4(2)3;/h16-18H,8-10,12-14H2,1-7H3;1,10H,6-9H2,2-4H3,(H,15,20)(H,18,19);9-10H,5-8H2,1-4H3;1,7H,3-6H2,(H,15,20)(H,18,19);4,6-8H2,1-3H3;11H,4,6-8H2,1-3H3;1,10H,3-8H2;1-3H3;/q;;;;;;;-1;+1/t17-,18+;2*10-;7-;;;;;/m0010...../s1. The molecule has 136 heavy (non-hydrogen) atoms. The van der Waals surface area contributed by atoms with Crippen LogP contribution in [-0.4, -0.2) is 248 Å². The number of halogens is 6. The van der Waals surface area contributed by atoms with Crippen LogP contribution >= 0.6 is 0 Å². The van der Waals surface area contributed by atoms with E-state index in [1.165, 1.54) is 11.2 Å². The minimum atomic E-state index is -5.54. The first-order valence-electron chi connectivity index (χ1n) is 45.5. The summed E-state index contributed by atoms with van der Waals surface area (Å²) in [5, 5.41) is 70.5. The number of aliphatic hydroxyl groups is 2. The van der Waals surface area contributed by atoms with Crippen molar-refractivity contribution < 1.29 is 135 Å². The van der Waals surface area contributed by atoms with Crippen molar-refractivity contribution in [3.8, 4) is 71.4 Å². The molecule has 0 bridgehead atoms. The van der Waals surface area contributed by atoms with E-state index in [1.807, 2.05) is 27.7 Å². The molecule has 7 heterocycles. The number of alkyl carbamates (subject to hydrolysis) is 1. The van der Waals surface area contributed by atoms with Crippen LogP contribution < -0.4 is 29.5 Å². The summed E-state index contributed by atoms with van der Waals surface area (Å²) in [6, 6.07) is -2.83. The van der Waals surface area contributed by atoms with E-state index >= 15 is 0 Å². The van der Waals surface area contributed by atoms with E-state index in [0.717, 1.165) is 55.7 Å². The van der Waals surface area contributed by atoms with E-state index < -0.39 is 117 Å². The molecule has 5 atom stereocenters. The number of carboxylic acids is 2. The summed E-state index contributed by atoms with van der Waals surface area (Å²) in [6.45, 7) is 51.1. The number of hydrogen-bond donors (Lipinski definition) is 6. The first-order valence-corrected chi connectivity index (χ1v) is 57.4. The van der Waals surface area contributed by atoms with Crippen molar-refractivity contribution in [2.24, 2.45) is 72.7 Å². The van der Waals surface area contributed by atoms with E-state index in [2.05, 4.69) is 220 Å². The molecule has 0 spiro atoms. The van der Waals surface area contributed by atoms with E-state index in [1.54, 1.807) is 20.8 Å². The Kier molecular flexibility index (Phi) is 60.3. The number of aliphatic imine (C=N–C) groups is 4. The molecule has 33 nitrogen and oxygen atoms in total. The number of nitrogens with zero attached hydrogens (tertiary/aromatic N) is 12. The van der Waals surface area contributed by atoms with Gasteiger partial charge in [-0.3, -0.25) is 13.8 Å². The summed E-state index contributed by atoms with van der Waals surface area (Å²) in [6.07, 6.45) is 20.5. The molecule has 1 saturated heterocycles. The Balaban J connectivity index is 0. The second-order valence-corrected chi connectivity index (χ2v) is 53.1. The molecule has 0 radical (unpaired) electrons. The molecule has 6 N–H and O–H groups in total. The number of alkyl halides is 6. The number of amides is 2. The maximum atomic E-state index is 12.1. The van der Waals surface area contributed by atoms with Crippen molar-refractivity contribution in [3.05, 3.63) is 5.92 Å².